The fourth-order valence-electron chi connectivity index (χ4n) is 3.66. The minimum Gasteiger partial charge on any atom is -0.384 e. The van der Waals surface area contributed by atoms with E-state index in [0.29, 0.717) is 6.04 Å². The number of nitrogens with one attached hydrogen (secondary N) is 1. The SMILES string of the molecule is CNC1(C#N)CCCC(N2CCC(COC)CC2)C1. The Hall–Kier alpha value is -0.630. The second-order valence-corrected chi connectivity index (χ2v) is 6.13. The fourth-order valence-corrected chi connectivity index (χ4v) is 3.66. The Bertz CT molecular complexity index is 320. The van der Waals surface area contributed by atoms with Gasteiger partial charge in [-0.25, -0.2) is 0 Å². The Morgan fingerprint density at radius 3 is 2.68 bits per heavy atom. The minimum absolute atomic E-state index is 0.285. The first kappa shape index (κ1) is 14.8. The first-order chi connectivity index (χ1) is 9.23. The quantitative estimate of drug-likeness (QED) is 0.841. The average molecular weight is 265 g/mol. The number of nitrogens with zero attached hydrogens (tertiary/aromatic N) is 2. The molecule has 1 aliphatic carbocycles. The van der Waals surface area contributed by atoms with Crippen LogP contribution in [0, 0.1) is 17.2 Å². The number of methoxy groups -OCH3 is 1. The highest BCUT2D eigenvalue weighted by molar-refractivity contribution is 5.10. The Labute approximate surface area is 117 Å². The Kier molecular flexibility index (Phi) is 5.20. The van der Waals surface area contributed by atoms with Gasteiger partial charge in [-0.2, -0.15) is 5.26 Å². The minimum atomic E-state index is -0.285. The van der Waals surface area contributed by atoms with Gasteiger partial charge in [0.1, 0.15) is 5.54 Å². The van der Waals surface area contributed by atoms with Crippen molar-refractivity contribution < 1.29 is 4.74 Å². The highest BCUT2D eigenvalue weighted by Crippen LogP contribution is 2.32. The molecule has 1 aliphatic heterocycles. The maximum absolute atomic E-state index is 9.42. The predicted molar refractivity (Wildman–Crippen MR) is 75.8 cm³/mol. The molecule has 0 aromatic rings. The molecule has 0 aromatic heterocycles. The van der Waals surface area contributed by atoms with Crippen LogP contribution in [-0.4, -0.2) is 50.3 Å². The van der Waals surface area contributed by atoms with E-state index in [1.807, 2.05) is 7.05 Å². The van der Waals surface area contributed by atoms with Gasteiger partial charge >= 0.3 is 0 Å². The van der Waals surface area contributed by atoms with Gasteiger partial charge in [0.15, 0.2) is 0 Å². The Balaban J connectivity index is 1.87. The van der Waals surface area contributed by atoms with E-state index in [2.05, 4.69) is 16.3 Å². The molecule has 108 valence electrons. The molecule has 4 nitrogen and oxygen atoms in total. The van der Waals surface area contributed by atoms with Crippen LogP contribution in [0.25, 0.3) is 0 Å². The molecule has 0 radical (unpaired) electrons. The van der Waals surface area contributed by atoms with E-state index < -0.39 is 0 Å². The molecule has 1 heterocycles. The molecular weight excluding hydrogens is 238 g/mol. The van der Waals surface area contributed by atoms with Crippen molar-refractivity contribution in [3.05, 3.63) is 0 Å². The molecule has 19 heavy (non-hydrogen) atoms. The van der Waals surface area contributed by atoms with Crippen molar-refractivity contribution in [2.45, 2.75) is 50.1 Å². The van der Waals surface area contributed by atoms with Gasteiger partial charge in [-0.1, -0.05) is 0 Å². The second kappa shape index (κ2) is 6.69. The predicted octanol–water partition coefficient (Wildman–Crippen LogP) is 1.77. The molecule has 0 bridgehead atoms. The molecule has 0 aromatic carbocycles. The number of rotatable bonds is 4. The molecule has 2 atom stereocenters. The third-order valence-electron chi connectivity index (χ3n) is 4.99. The highest BCUT2D eigenvalue weighted by Gasteiger charge is 2.38. The fraction of sp³-hybridized carbons (Fsp3) is 0.933. The number of piperidine rings is 1. The van der Waals surface area contributed by atoms with Crippen LogP contribution in [-0.2, 0) is 4.74 Å². The molecule has 2 aliphatic rings. The van der Waals surface area contributed by atoms with Crippen LogP contribution in [0.3, 0.4) is 0 Å². The van der Waals surface area contributed by atoms with E-state index in [4.69, 9.17) is 4.74 Å². The van der Waals surface area contributed by atoms with Gasteiger partial charge in [0.05, 0.1) is 6.07 Å². The third kappa shape index (κ3) is 3.47. The van der Waals surface area contributed by atoms with E-state index >= 15 is 0 Å². The topological polar surface area (TPSA) is 48.3 Å². The summed E-state index contributed by atoms with van der Waals surface area (Å²) in [6, 6.07) is 3.09. The molecule has 2 rings (SSSR count). The van der Waals surface area contributed by atoms with Crippen LogP contribution in [0.1, 0.15) is 38.5 Å². The molecule has 4 heteroatoms. The zero-order chi connectivity index (χ0) is 13.7. The van der Waals surface area contributed by atoms with E-state index in [9.17, 15) is 5.26 Å². The molecule has 2 unspecified atom stereocenters. The lowest BCUT2D eigenvalue weighted by atomic mass is 9.78. The summed E-state index contributed by atoms with van der Waals surface area (Å²) in [6.45, 7) is 3.24. The number of ether oxygens (including phenoxy) is 1. The monoisotopic (exact) mass is 265 g/mol. The van der Waals surface area contributed by atoms with Gasteiger partial charge in [0.25, 0.3) is 0 Å². The molecular formula is C15H27N3O. The summed E-state index contributed by atoms with van der Waals surface area (Å²) in [4.78, 5) is 2.61. The lowest BCUT2D eigenvalue weighted by molar-refractivity contribution is 0.0575. The van der Waals surface area contributed by atoms with Crippen molar-refractivity contribution in [2.75, 3.05) is 33.9 Å². The second-order valence-electron chi connectivity index (χ2n) is 6.13. The van der Waals surface area contributed by atoms with Gasteiger partial charge in [0, 0.05) is 19.8 Å². The molecule has 1 saturated heterocycles. The summed E-state index contributed by atoms with van der Waals surface area (Å²) in [6.07, 6.45) is 6.87. The zero-order valence-corrected chi connectivity index (χ0v) is 12.3. The zero-order valence-electron chi connectivity index (χ0n) is 12.3. The average Bonchev–Trinajstić information content (AvgIpc) is 2.48. The summed E-state index contributed by atoms with van der Waals surface area (Å²) < 4.78 is 5.26. The summed E-state index contributed by atoms with van der Waals surface area (Å²) in [5, 5.41) is 12.7. The third-order valence-corrected chi connectivity index (χ3v) is 4.99. The highest BCUT2D eigenvalue weighted by atomic mass is 16.5. The molecule has 0 amide bonds. The van der Waals surface area contributed by atoms with E-state index in [1.54, 1.807) is 7.11 Å². The van der Waals surface area contributed by atoms with Crippen molar-refractivity contribution in [1.29, 1.82) is 5.26 Å². The van der Waals surface area contributed by atoms with Gasteiger partial charge in [-0.3, -0.25) is 0 Å². The molecule has 1 N–H and O–H groups in total. The van der Waals surface area contributed by atoms with Gasteiger partial charge in [0.2, 0.25) is 0 Å². The lowest BCUT2D eigenvalue weighted by Crippen LogP contribution is -2.53. The molecule has 0 spiro atoms. The molecule has 1 saturated carbocycles. The molecule has 2 fully saturated rings. The van der Waals surface area contributed by atoms with E-state index in [-0.39, 0.29) is 5.54 Å². The van der Waals surface area contributed by atoms with Crippen molar-refractivity contribution in [3.8, 4) is 6.07 Å². The summed E-state index contributed by atoms with van der Waals surface area (Å²) in [5.41, 5.74) is -0.285. The number of nitriles is 1. The van der Waals surface area contributed by atoms with Crippen LogP contribution in [0.4, 0.5) is 0 Å². The van der Waals surface area contributed by atoms with Crippen LogP contribution in [0.15, 0.2) is 0 Å². The smallest absolute Gasteiger partial charge is 0.108 e. The lowest BCUT2D eigenvalue weighted by Gasteiger charge is -2.43. The first-order valence-corrected chi connectivity index (χ1v) is 7.56. The Morgan fingerprint density at radius 2 is 2.11 bits per heavy atom. The summed E-state index contributed by atoms with van der Waals surface area (Å²) in [5.74, 6) is 0.731. The van der Waals surface area contributed by atoms with Crippen molar-refractivity contribution in [2.24, 2.45) is 5.92 Å². The summed E-state index contributed by atoms with van der Waals surface area (Å²) in [7, 11) is 3.72. The standard InChI is InChI=1S/C15H27N3O/c1-17-15(12-16)7-3-4-14(10-15)18-8-5-13(6-9-18)11-19-2/h13-14,17H,3-11H2,1-2H3. The van der Waals surface area contributed by atoms with E-state index in [0.717, 1.165) is 31.8 Å². The summed E-state index contributed by atoms with van der Waals surface area (Å²) >= 11 is 0. The van der Waals surface area contributed by atoms with Crippen LogP contribution >= 0.6 is 0 Å². The number of likely N-dealkylation sites (tertiary alicyclic amines) is 1. The normalized spacial score (nSPS) is 34.1. The van der Waals surface area contributed by atoms with Crippen molar-refractivity contribution in [1.82, 2.24) is 10.2 Å². The first-order valence-electron chi connectivity index (χ1n) is 7.56. The maximum Gasteiger partial charge on any atom is 0.108 e. The van der Waals surface area contributed by atoms with Crippen LogP contribution in [0.2, 0.25) is 0 Å². The largest absolute Gasteiger partial charge is 0.384 e. The van der Waals surface area contributed by atoms with Crippen molar-refractivity contribution >= 4 is 0 Å². The van der Waals surface area contributed by atoms with Crippen LogP contribution in [0.5, 0.6) is 0 Å². The van der Waals surface area contributed by atoms with E-state index in [1.165, 1.54) is 32.4 Å². The number of hydrogen-bond donors (Lipinski definition) is 1. The Morgan fingerprint density at radius 1 is 1.37 bits per heavy atom. The number of hydrogen-bond acceptors (Lipinski definition) is 4. The van der Waals surface area contributed by atoms with Gasteiger partial charge in [-0.15, -0.1) is 0 Å². The van der Waals surface area contributed by atoms with Gasteiger partial charge in [-0.05, 0) is 64.6 Å². The maximum atomic E-state index is 9.42. The van der Waals surface area contributed by atoms with Crippen molar-refractivity contribution in [3.63, 3.8) is 0 Å². The van der Waals surface area contributed by atoms with Crippen LogP contribution < -0.4 is 5.32 Å². The van der Waals surface area contributed by atoms with Gasteiger partial charge < -0.3 is 15.0 Å².